The fourth-order valence-corrected chi connectivity index (χ4v) is 2.18. The highest BCUT2D eigenvalue weighted by atomic mass is 35.5. The Morgan fingerprint density at radius 2 is 2.33 bits per heavy atom. The topological polar surface area (TPSA) is 41.5 Å². The maximum Gasteiger partial charge on any atom is 0.138 e. The van der Waals surface area contributed by atoms with E-state index in [9.17, 15) is 5.11 Å². The number of hydrogen-bond acceptors (Lipinski definition) is 3. The number of rotatable bonds is 2. The van der Waals surface area contributed by atoms with Crippen LogP contribution in [0.1, 0.15) is 24.4 Å². The van der Waals surface area contributed by atoms with Crippen LogP contribution in [0.4, 0.5) is 0 Å². The predicted octanol–water partition coefficient (Wildman–Crippen LogP) is 2.48. The molecule has 15 heavy (non-hydrogen) atoms. The molecule has 0 aliphatic carbocycles. The van der Waals surface area contributed by atoms with E-state index in [1.54, 1.807) is 13.2 Å². The summed E-state index contributed by atoms with van der Waals surface area (Å²) in [5.74, 6) is 0.846. The molecule has 1 aliphatic heterocycles. The summed E-state index contributed by atoms with van der Waals surface area (Å²) in [6.07, 6.45) is 2.17. The molecule has 2 rings (SSSR count). The summed E-state index contributed by atoms with van der Waals surface area (Å²) in [7, 11) is 1.57. The lowest BCUT2D eigenvalue weighted by Gasteiger charge is -2.14. The highest BCUT2D eigenvalue weighted by molar-refractivity contribution is 6.32. The zero-order chi connectivity index (χ0) is 10.8. The molecule has 0 amide bonds. The molecule has 1 atom stereocenters. The summed E-state index contributed by atoms with van der Waals surface area (Å²) in [6.45, 7) is 0.995. The van der Waals surface area contributed by atoms with Crippen molar-refractivity contribution in [3.63, 3.8) is 0 Å². The first-order valence-corrected chi connectivity index (χ1v) is 5.40. The van der Waals surface area contributed by atoms with Crippen LogP contribution in [0, 0.1) is 0 Å². The number of hydrogen-bond donors (Lipinski definition) is 2. The van der Waals surface area contributed by atoms with Crippen LogP contribution in [-0.4, -0.2) is 18.8 Å². The quantitative estimate of drug-likeness (QED) is 0.816. The molecule has 1 saturated heterocycles. The molecule has 1 fully saturated rings. The van der Waals surface area contributed by atoms with Gasteiger partial charge in [0.25, 0.3) is 0 Å². The van der Waals surface area contributed by atoms with Gasteiger partial charge in [0.1, 0.15) is 11.5 Å². The largest absolute Gasteiger partial charge is 0.508 e. The standard InChI is InChI=1S/C11H14ClNO2/c1-15-11-5-7(9-3-2-4-13-9)10(14)6-8(11)12/h5-6,9,13-14H,2-4H2,1H3. The van der Waals surface area contributed by atoms with Gasteiger partial charge in [-0.3, -0.25) is 0 Å². The van der Waals surface area contributed by atoms with Gasteiger partial charge in [-0.15, -0.1) is 0 Å². The van der Waals surface area contributed by atoms with Gasteiger partial charge < -0.3 is 15.2 Å². The summed E-state index contributed by atoms with van der Waals surface area (Å²) in [5.41, 5.74) is 0.869. The van der Waals surface area contributed by atoms with Gasteiger partial charge in [-0.1, -0.05) is 11.6 Å². The molecule has 0 bridgehead atoms. The van der Waals surface area contributed by atoms with Gasteiger partial charge in [-0.2, -0.15) is 0 Å². The normalized spacial score (nSPS) is 20.5. The van der Waals surface area contributed by atoms with Gasteiger partial charge in [0.2, 0.25) is 0 Å². The van der Waals surface area contributed by atoms with Crippen LogP contribution in [-0.2, 0) is 0 Å². The number of nitrogens with one attached hydrogen (secondary N) is 1. The first-order valence-electron chi connectivity index (χ1n) is 5.02. The Kier molecular flexibility index (Phi) is 3.03. The highest BCUT2D eigenvalue weighted by Crippen LogP contribution is 2.37. The highest BCUT2D eigenvalue weighted by Gasteiger charge is 2.20. The summed E-state index contributed by atoms with van der Waals surface area (Å²) in [5, 5.41) is 13.6. The predicted molar refractivity (Wildman–Crippen MR) is 59.6 cm³/mol. The monoisotopic (exact) mass is 227 g/mol. The first kappa shape index (κ1) is 10.6. The molecule has 2 N–H and O–H groups in total. The van der Waals surface area contributed by atoms with Crippen molar-refractivity contribution >= 4 is 11.6 Å². The van der Waals surface area contributed by atoms with E-state index in [4.69, 9.17) is 16.3 Å². The van der Waals surface area contributed by atoms with E-state index in [0.717, 1.165) is 24.9 Å². The molecule has 1 unspecified atom stereocenters. The number of phenols is 1. The first-order chi connectivity index (χ1) is 7.22. The second kappa shape index (κ2) is 4.29. The van der Waals surface area contributed by atoms with Gasteiger partial charge in [-0.05, 0) is 25.5 Å². The second-order valence-electron chi connectivity index (χ2n) is 3.69. The lowest BCUT2D eigenvalue weighted by molar-refractivity contribution is 0.408. The molecular weight excluding hydrogens is 214 g/mol. The smallest absolute Gasteiger partial charge is 0.138 e. The Balaban J connectivity index is 2.37. The maximum atomic E-state index is 9.79. The maximum absolute atomic E-state index is 9.79. The molecule has 82 valence electrons. The minimum atomic E-state index is 0.219. The van der Waals surface area contributed by atoms with E-state index in [1.807, 2.05) is 0 Å². The van der Waals surface area contributed by atoms with Gasteiger partial charge >= 0.3 is 0 Å². The average Bonchev–Trinajstić information content (AvgIpc) is 2.71. The average molecular weight is 228 g/mol. The van der Waals surface area contributed by atoms with Crippen molar-refractivity contribution in [3.8, 4) is 11.5 Å². The summed E-state index contributed by atoms with van der Waals surface area (Å²) >= 11 is 5.90. The summed E-state index contributed by atoms with van der Waals surface area (Å²) in [4.78, 5) is 0. The molecule has 0 spiro atoms. The number of benzene rings is 1. The van der Waals surface area contributed by atoms with Gasteiger partial charge in [-0.25, -0.2) is 0 Å². The number of ether oxygens (including phenoxy) is 1. The number of halogens is 1. The Morgan fingerprint density at radius 3 is 2.93 bits per heavy atom. The number of methoxy groups -OCH3 is 1. The zero-order valence-corrected chi connectivity index (χ0v) is 9.34. The van der Waals surface area contributed by atoms with Crippen molar-refractivity contribution in [1.82, 2.24) is 5.32 Å². The second-order valence-corrected chi connectivity index (χ2v) is 4.10. The van der Waals surface area contributed by atoms with Crippen LogP contribution in [0.3, 0.4) is 0 Å². The molecule has 3 nitrogen and oxygen atoms in total. The molecule has 0 aromatic heterocycles. The van der Waals surface area contributed by atoms with Crippen molar-refractivity contribution in [3.05, 3.63) is 22.7 Å². The SMILES string of the molecule is COc1cc(C2CCCN2)c(O)cc1Cl. The number of phenolic OH excluding ortho intramolecular Hbond substituents is 1. The molecule has 1 aromatic carbocycles. The third-order valence-electron chi connectivity index (χ3n) is 2.74. The third-order valence-corrected chi connectivity index (χ3v) is 3.03. The van der Waals surface area contributed by atoms with E-state index in [-0.39, 0.29) is 11.8 Å². The molecule has 0 saturated carbocycles. The summed E-state index contributed by atoms with van der Waals surface area (Å²) in [6, 6.07) is 3.56. The molecule has 4 heteroatoms. The van der Waals surface area contributed by atoms with E-state index in [1.165, 1.54) is 6.07 Å². The van der Waals surface area contributed by atoms with Crippen LogP contribution in [0.25, 0.3) is 0 Å². The summed E-state index contributed by atoms with van der Waals surface area (Å²) < 4.78 is 5.13. The van der Waals surface area contributed by atoms with Crippen LogP contribution in [0.2, 0.25) is 5.02 Å². The number of aromatic hydroxyl groups is 1. The lowest BCUT2D eigenvalue weighted by atomic mass is 10.0. The third kappa shape index (κ3) is 2.03. The Morgan fingerprint density at radius 1 is 1.53 bits per heavy atom. The fourth-order valence-electron chi connectivity index (χ4n) is 1.94. The van der Waals surface area contributed by atoms with Crippen molar-refractivity contribution in [2.24, 2.45) is 0 Å². The molecular formula is C11H14ClNO2. The Bertz CT molecular complexity index is 362. The van der Waals surface area contributed by atoms with Gasteiger partial charge in [0.15, 0.2) is 0 Å². The van der Waals surface area contributed by atoms with Crippen LogP contribution in [0.5, 0.6) is 11.5 Å². The molecule has 1 aliphatic rings. The van der Waals surface area contributed by atoms with Crippen molar-refractivity contribution in [1.29, 1.82) is 0 Å². The van der Waals surface area contributed by atoms with Crippen LogP contribution < -0.4 is 10.1 Å². The zero-order valence-electron chi connectivity index (χ0n) is 8.59. The van der Waals surface area contributed by atoms with E-state index >= 15 is 0 Å². The minimum Gasteiger partial charge on any atom is -0.508 e. The molecule has 1 heterocycles. The van der Waals surface area contributed by atoms with Crippen LogP contribution in [0.15, 0.2) is 12.1 Å². The van der Waals surface area contributed by atoms with Gasteiger partial charge in [0.05, 0.1) is 12.1 Å². The Labute approximate surface area is 94.0 Å². The van der Waals surface area contributed by atoms with Crippen molar-refractivity contribution in [2.45, 2.75) is 18.9 Å². The van der Waals surface area contributed by atoms with E-state index in [2.05, 4.69) is 5.32 Å². The van der Waals surface area contributed by atoms with E-state index in [0.29, 0.717) is 10.8 Å². The molecule has 1 aromatic rings. The minimum absolute atomic E-state index is 0.219. The van der Waals surface area contributed by atoms with E-state index < -0.39 is 0 Å². The van der Waals surface area contributed by atoms with Gasteiger partial charge in [0, 0.05) is 17.7 Å². The fraction of sp³-hybridized carbons (Fsp3) is 0.455. The van der Waals surface area contributed by atoms with Crippen LogP contribution >= 0.6 is 11.6 Å². The Hall–Kier alpha value is -0.930. The molecule has 0 radical (unpaired) electrons. The van der Waals surface area contributed by atoms with Crippen molar-refractivity contribution < 1.29 is 9.84 Å². The van der Waals surface area contributed by atoms with Crippen molar-refractivity contribution in [2.75, 3.05) is 13.7 Å². The lowest BCUT2D eigenvalue weighted by Crippen LogP contribution is -2.13.